The number of rotatable bonds is 6. The van der Waals surface area contributed by atoms with Gasteiger partial charge in [0, 0.05) is 24.2 Å². The van der Waals surface area contributed by atoms with E-state index in [1.54, 1.807) is 10.9 Å². The largest absolute Gasteiger partial charge is 0.348 e. The molecule has 2 aromatic heterocycles. The van der Waals surface area contributed by atoms with Crippen LogP contribution in [0.25, 0.3) is 17.1 Å². The van der Waals surface area contributed by atoms with Crippen molar-refractivity contribution >= 4 is 5.91 Å². The van der Waals surface area contributed by atoms with Crippen molar-refractivity contribution in [3.63, 3.8) is 0 Å². The zero-order chi connectivity index (χ0) is 21.2. The summed E-state index contributed by atoms with van der Waals surface area (Å²) in [6.45, 7) is 2.32. The summed E-state index contributed by atoms with van der Waals surface area (Å²) in [6, 6.07) is 17.6. The smallest absolute Gasteiger partial charge is 0.255 e. The number of amides is 1. The molecule has 0 aliphatic heterocycles. The lowest BCUT2D eigenvalue weighted by molar-refractivity contribution is 0.0950. The molecule has 0 spiro atoms. The number of carbonyl (C=O) groups is 1. The summed E-state index contributed by atoms with van der Waals surface area (Å²) in [4.78, 5) is 17.2. The van der Waals surface area contributed by atoms with Crippen LogP contribution in [0.3, 0.4) is 0 Å². The molecule has 2 aromatic carbocycles. The van der Waals surface area contributed by atoms with Gasteiger partial charge in [0.1, 0.15) is 0 Å². The molecule has 1 aliphatic rings. The fourth-order valence-corrected chi connectivity index (χ4v) is 3.63. The van der Waals surface area contributed by atoms with Crippen molar-refractivity contribution in [2.24, 2.45) is 0 Å². The van der Waals surface area contributed by atoms with Crippen molar-refractivity contribution in [2.45, 2.75) is 38.6 Å². The summed E-state index contributed by atoms with van der Waals surface area (Å²) in [5, 5.41) is 11.6. The first-order valence-electron chi connectivity index (χ1n) is 10.5. The van der Waals surface area contributed by atoms with Crippen molar-refractivity contribution in [1.29, 1.82) is 0 Å². The first-order chi connectivity index (χ1) is 15.2. The van der Waals surface area contributed by atoms with E-state index in [1.165, 1.54) is 6.42 Å². The van der Waals surface area contributed by atoms with Gasteiger partial charge in [0.25, 0.3) is 5.91 Å². The number of benzene rings is 2. The molecule has 7 heteroatoms. The minimum atomic E-state index is -0.139. The third kappa shape index (κ3) is 3.99. The molecule has 156 valence electrons. The van der Waals surface area contributed by atoms with Gasteiger partial charge in [-0.15, -0.1) is 0 Å². The van der Waals surface area contributed by atoms with Crippen LogP contribution in [0.5, 0.6) is 0 Å². The van der Waals surface area contributed by atoms with Crippen molar-refractivity contribution in [1.82, 2.24) is 25.2 Å². The third-order valence-corrected chi connectivity index (χ3v) is 5.73. The molecule has 1 N–H and O–H groups in total. The van der Waals surface area contributed by atoms with E-state index in [0.717, 1.165) is 35.5 Å². The van der Waals surface area contributed by atoms with Crippen LogP contribution in [-0.4, -0.2) is 25.8 Å². The fraction of sp³-hybridized carbons (Fsp3) is 0.250. The van der Waals surface area contributed by atoms with Gasteiger partial charge in [-0.3, -0.25) is 4.79 Å². The molecule has 0 unspecified atom stereocenters. The van der Waals surface area contributed by atoms with Crippen LogP contribution in [0.4, 0.5) is 0 Å². The lowest BCUT2D eigenvalue weighted by Crippen LogP contribution is -2.23. The van der Waals surface area contributed by atoms with Crippen molar-refractivity contribution in [2.75, 3.05) is 0 Å². The van der Waals surface area contributed by atoms with Gasteiger partial charge < -0.3 is 9.84 Å². The second-order valence-electron chi connectivity index (χ2n) is 7.87. The van der Waals surface area contributed by atoms with Gasteiger partial charge >= 0.3 is 0 Å². The van der Waals surface area contributed by atoms with Gasteiger partial charge in [-0.25, -0.2) is 4.68 Å². The summed E-state index contributed by atoms with van der Waals surface area (Å²) < 4.78 is 7.13. The molecule has 0 radical (unpaired) electrons. The minimum Gasteiger partial charge on any atom is -0.348 e. The fourth-order valence-electron chi connectivity index (χ4n) is 3.63. The Morgan fingerprint density at radius 1 is 1.13 bits per heavy atom. The monoisotopic (exact) mass is 413 g/mol. The highest BCUT2D eigenvalue weighted by atomic mass is 16.5. The molecular weight excluding hydrogens is 390 g/mol. The molecule has 1 fully saturated rings. The number of hydrogen-bond donors (Lipinski definition) is 1. The predicted molar refractivity (Wildman–Crippen MR) is 116 cm³/mol. The predicted octanol–water partition coefficient (Wildman–Crippen LogP) is 4.43. The molecule has 1 aliphatic carbocycles. The minimum absolute atomic E-state index is 0.139. The van der Waals surface area contributed by atoms with Crippen LogP contribution in [0.1, 0.15) is 52.7 Å². The summed E-state index contributed by atoms with van der Waals surface area (Å²) in [5.74, 6) is 1.61. The Balaban J connectivity index is 1.29. The van der Waals surface area contributed by atoms with Gasteiger partial charge in [0.05, 0.1) is 16.9 Å². The van der Waals surface area contributed by atoms with Crippen LogP contribution in [-0.2, 0) is 6.54 Å². The van der Waals surface area contributed by atoms with E-state index in [2.05, 4.69) is 20.6 Å². The van der Waals surface area contributed by atoms with Crippen LogP contribution >= 0.6 is 0 Å². The molecule has 0 atom stereocenters. The molecule has 7 nitrogen and oxygen atoms in total. The Morgan fingerprint density at radius 3 is 2.61 bits per heavy atom. The van der Waals surface area contributed by atoms with Crippen LogP contribution in [0.2, 0.25) is 0 Å². The maximum atomic E-state index is 12.6. The van der Waals surface area contributed by atoms with Crippen molar-refractivity contribution in [3.05, 3.63) is 83.5 Å². The molecule has 1 amide bonds. The second-order valence-corrected chi connectivity index (χ2v) is 7.87. The highest BCUT2D eigenvalue weighted by Crippen LogP contribution is 2.36. The zero-order valence-corrected chi connectivity index (χ0v) is 17.3. The molecule has 0 bridgehead atoms. The number of nitrogens with one attached hydrogen (secondary N) is 1. The highest BCUT2D eigenvalue weighted by Gasteiger charge is 2.25. The van der Waals surface area contributed by atoms with Gasteiger partial charge in [0.15, 0.2) is 0 Å². The Kier molecular flexibility index (Phi) is 5.08. The van der Waals surface area contributed by atoms with E-state index < -0.39 is 0 Å². The number of nitrogens with zero attached hydrogens (tertiary/aromatic N) is 4. The maximum Gasteiger partial charge on any atom is 0.255 e. The first-order valence-corrected chi connectivity index (χ1v) is 10.5. The summed E-state index contributed by atoms with van der Waals surface area (Å²) in [7, 11) is 0. The Morgan fingerprint density at radius 2 is 1.90 bits per heavy atom. The molecule has 2 heterocycles. The number of aromatic nitrogens is 4. The lowest BCUT2D eigenvalue weighted by Gasteiger charge is -2.20. The van der Waals surface area contributed by atoms with E-state index in [9.17, 15) is 4.79 Å². The Hall–Kier alpha value is -3.74. The highest BCUT2D eigenvalue weighted by molar-refractivity contribution is 5.95. The quantitative estimate of drug-likeness (QED) is 0.505. The molecular formula is C24H23N5O2. The number of hydrogen-bond acceptors (Lipinski definition) is 5. The standard InChI is InChI=1S/C24H23N5O2/c1-16-21(23(30)25-14-17-6-3-2-4-7-17)15-29(27-16)20-12-10-18(11-13-20)22-26-24(31-28-22)19-8-5-9-19/h2-4,6-7,10-13,15,19H,5,8-9,14H2,1H3,(H,25,30). The van der Waals surface area contributed by atoms with E-state index in [-0.39, 0.29) is 5.91 Å². The summed E-state index contributed by atoms with van der Waals surface area (Å²) in [6.07, 6.45) is 5.24. The Bertz CT molecular complexity index is 1190. The van der Waals surface area contributed by atoms with E-state index in [1.807, 2.05) is 61.5 Å². The number of aryl methyl sites for hydroxylation is 1. The molecule has 1 saturated carbocycles. The van der Waals surface area contributed by atoms with Crippen LogP contribution in [0.15, 0.2) is 65.3 Å². The summed E-state index contributed by atoms with van der Waals surface area (Å²) >= 11 is 0. The van der Waals surface area contributed by atoms with Gasteiger partial charge in [-0.05, 0) is 49.6 Å². The topological polar surface area (TPSA) is 85.8 Å². The van der Waals surface area contributed by atoms with E-state index in [0.29, 0.717) is 29.5 Å². The van der Waals surface area contributed by atoms with Crippen LogP contribution in [0, 0.1) is 6.92 Å². The van der Waals surface area contributed by atoms with Crippen molar-refractivity contribution in [3.8, 4) is 17.1 Å². The lowest BCUT2D eigenvalue weighted by atomic mass is 9.85. The molecule has 5 rings (SSSR count). The first kappa shape index (κ1) is 19.2. The van der Waals surface area contributed by atoms with Gasteiger partial charge in [-0.2, -0.15) is 10.1 Å². The van der Waals surface area contributed by atoms with Crippen molar-refractivity contribution < 1.29 is 9.32 Å². The normalized spacial score (nSPS) is 13.7. The average molecular weight is 413 g/mol. The Labute approximate surface area is 180 Å². The molecule has 31 heavy (non-hydrogen) atoms. The zero-order valence-electron chi connectivity index (χ0n) is 17.3. The van der Waals surface area contributed by atoms with Gasteiger partial charge in [-0.1, -0.05) is 41.9 Å². The van der Waals surface area contributed by atoms with E-state index >= 15 is 0 Å². The average Bonchev–Trinajstić information content (AvgIpc) is 3.39. The van der Waals surface area contributed by atoms with E-state index in [4.69, 9.17) is 4.52 Å². The third-order valence-electron chi connectivity index (χ3n) is 5.73. The second kappa shape index (κ2) is 8.18. The maximum absolute atomic E-state index is 12.6. The molecule has 4 aromatic rings. The molecule has 0 saturated heterocycles. The SMILES string of the molecule is Cc1nn(-c2ccc(-c3noc(C4CCC4)n3)cc2)cc1C(=O)NCc1ccccc1. The van der Waals surface area contributed by atoms with Crippen LogP contribution < -0.4 is 5.32 Å². The summed E-state index contributed by atoms with van der Waals surface area (Å²) in [5.41, 5.74) is 4.04. The number of carbonyl (C=O) groups excluding carboxylic acids is 1. The van der Waals surface area contributed by atoms with Gasteiger partial charge in [0.2, 0.25) is 11.7 Å².